The molecule has 0 aromatic heterocycles. The van der Waals surface area contributed by atoms with E-state index in [1.807, 2.05) is 7.05 Å². The molecule has 1 saturated heterocycles. The van der Waals surface area contributed by atoms with E-state index in [0.29, 0.717) is 6.54 Å². The van der Waals surface area contributed by atoms with E-state index in [0.717, 1.165) is 19.4 Å². The fraction of sp³-hybridized carbons (Fsp3) is 0.462. The molecular formula is C13H16ClN3O3. The molecule has 1 amide bonds. The number of rotatable bonds is 4. The van der Waals surface area contributed by atoms with Gasteiger partial charge in [0.2, 0.25) is 0 Å². The largest absolute Gasteiger partial charge is 0.350 e. The first-order valence-corrected chi connectivity index (χ1v) is 6.80. The Kier molecular flexibility index (Phi) is 4.57. The Morgan fingerprint density at radius 3 is 2.95 bits per heavy atom. The van der Waals surface area contributed by atoms with E-state index in [-0.39, 0.29) is 22.3 Å². The Morgan fingerprint density at radius 1 is 1.60 bits per heavy atom. The van der Waals surface area contributed by atoms with Gasteiger partial charge < -0.3 is 10.2 Å². The minimum absolute atomic E-state index is 0.00292. The van der Waals surface area contributed by atoms with Crippen LogP contribution in [-0.4, -0.2) is 41.9 Å². The molecule has 1 N–H and O–H groups in total. The van der Waals surface area contributed by atoms with Crippen LogP contribution in [0.5, 0.6) is 0 Å². The summed E-state index contributed by atoms with van der Waals surface area (Å²) in [4.78, 5) is 24.6. The first-order chi connectivity index (χ1) is 9.50. The van der Waals surface area contributed by atoms with Crippen molar-refractivity contribution in [3.8, 4) is 0 Å². The molecule has 20 heavy (non-hydrogen) atoms. The van der Waals surface area contributed by atoms with Crippen LogP contribution in [0.1, 0.15) is 23.2 Å². The predicted octanol–water partition coefficient (Wildman–Crippen LogP) is 2.07. The standard InChI is InChI=1S/C13H16ClN3O3/c1-16-7-3-4-9(16)8-15-13(18)10-5-2-6-11(14)12(10)17(19)20/h2,5-6,9H,3-4,7-8H2,1H3,(H,15,18). The molecule has 1 aromatic carbocycles. The van der Waals surface area contributed by atoms with Crippen LogP contribution in [-0.2, 0) is 0 Å². The molecule has 1 atom stereocenters. The molecule has 0 spiro atoms. The van der Waals surface area contributed by atoms with Gasteiger partial charge in [0.1, 0.15) is 10.6 Å². The van der Waals surface area contributed by atoms with Crippen LogP contribution in [0.3, 0.4) is 0 Å². The van der Waals surface area contributed by atoms with E-state index < -0.39 is 10.8 Å². The molecule has 0 radical (unpaired) electrons. The Hall–Kier alpha value is -1.66. The molecule has 1 aliphatic heterocycles. The lowest BCUT2D eigenvalue weighted by Crippen LogP contribution is -2.38. The number of benzene rings is 1. The summed E-state index contributed by atoms with van der Waals surface area (Å²) in [5, 5.41) is 13.7. The number of halogens is 1. The highest BCUT2D eigenvalue weighted by Crippen LogP contribution is 2.28. The van der Waals surface area contributed by atoms with Gasteiger partial charge in [0.15, 0.2) is 0 Å². The van der Waals surface area contributed by atoms with E-state index >= 15 is 0 Å². The van der Waals surface area contributed by atoms with Crippen LogP contribution >= 0.6 is 11.6 Å². The maximum Gasteiger partial charge on any atom is 0.300 e. The van der Waals surface area contributed by atoms with Crippen molar-refractivity contribution in [2.75, 3.05) is 20.1 Å². The van der Waals surface area contributed by atoms with E-state index in [4.69, 9.17) is 11.6 Å². The fourth-order valence-corrected chi connectivity index (χ4v) is 2.67. The van der Waals surface area contributed by atoms with Gasteiger partial charge in [-0.1, -0.05) is 17.7 Å². The van der Waals surface area contributed by atoms with Crippen LogP contribution < -0.4 is 5.32 Å². The highest BCUT2D eigenvalue weighted by molar-refractivity contribution is 6.33. The highest BCUT2D eigenvalue weighted by atomic mass is 35.5. The summed E-state index contributed by atoms with van der Waals surface area (Å²) < 4.78 is 0. The molecule has 0 bridgehead atoms. The van der Waals surface area contributed by atoms with Gasteiger partial charge in [-0.25, -0.2) is 0 Å². The van der Waals surface area contributed by atoms with Gasteiger partial charge in [-0.15, -0.1) is 0 Å². The Morgan fingerprint density at radius 2 is 2.35 bits per heavy atom. The number of nitrogens with zero attached hydrogens (tertiary/aromatic N) is 2. The maximum absolute atomic E-state index is 12.1. The number of carbonyl (C=O) groups is 1. The molecule has 1 aromatic rings. The highest BCUT2D eigenvalue weighted by Gasteiger charge is 2.25. The fourth-order valence-electron chi connectivity index (χ4n) is 2.43. The lowest BCUT2D eigenvalue weighted by molar-refractivity contribution is -0.385. The van der Waals surface area contributed by atoms with Gasteiger partial charge in [0.25, 0.3) is 5.91 Å². The van der Waals surface area contributed by atoms with Crippen molar-refractivity contribution >= 4 is 23.2 Å². The summed E-state index contributed by atoms with van der Waals surface area (Å²) >= 11 is 5.79. The minimum Gasteiger partial charge on any atom is -0.350 e. The summed E-state index contributed by atoms with van der Waals surface area (Å²) in [6.45, 7) is 1.50. The predicted molar refractivity (Wildman–Crippen MR) is 76.1 cm³/mol. The topological polar surface area (TPSA) is 75.5 Å². The van der Waals surface area contributed by atoms with Crippen molar-refractivity contribution in [3.63, 3.8) is 0 Å². The number of hydrogen-bond acceptors (Lipinski definition) is 4. The van der Waals surface area contributed by atoms with Gasteiger partial charge in [-0.2, -0.15) is 0 Å². The summed E-state index contributed by atoms with van der Waals surface area (Å²) in [6.07, 6.45) is 2.13. The second-order valence-electron chi connectivity index (χ2n) is 4.88. The molecule has 0 saturated carbocycles. The Bertz CT molecular complexity index is 536. The number of likely N-dealkylation sites (tertiary alicyclic amines) is 1. The molecule has 108 valence electrons. The molecule has 2 rings (SSSR count). The summed E-state index contributed by atoms with van der Waals surface area (Å²) in [7, 11) is 2.01. The lowest BCUT2D eigenvalue weighted by Gasteiger charge is -2.19. The summed E-state index contributed by atoms with van der Waals surface area (Å²) in [6, 6.07) is 4.64. The van der Waals surface area contributed by atoms with Crippen LogP contribution in [0.4, 0.5) is 5.69 Å². The van der Waals surface area contributed by atoms with Gasteiger partial charge >= 0.3 is 5.69 Å². The second-order valence-corrected chi connectivity index (χ2v) is 5.29. The molecule has 1 heterocycles. The van der Waals surface area contributed by atoms with Crippen molar-refractivity contribution in [2.24, 2.45) is 0 Å². The maximum atomic E-state index is 12.1. The third kappa shape index (κ3) is 3.08. The number of para-hydroxylation sites is 1. The molecule has 0 aliphatic carbocycles. The zero-order valence-electron chi connectivity index (χ0n) is 11.1. The van der Waals surface area contributed by atoms with Crippen molar-refractivity contribution in [2.45, 2.75) is 18.9 Å². The van der Waals surface area contributed by atoms with Gasteiger partial charge in [-0.05, 0) is 38.6 Å². The van der Waals surface area contributed by atoms with E-state index in [1.54, 1.807) is 0 Å². The monoisotopic (exact) mass is 297 g/mol. The number of amides is 1. The van der Waals surface area contributed by atoms with Crippen molar-refractivity contribution < 1.29 is 9.72 Å². The second kappa shape index (κ2) is 6.19. The molecule has 1 fully saturated rings. The van der Waals surface area contributed by atoms with Gasteiger partial charge in [-0.3, -0.25) is 14.9 Å². The zero-order valence-corrected chi connectivity index (χ0v) is 11.9. The third-order valence-corrected chi connectivity index (χ3v) is 3.89. The number of likely N-dealkylation sites (N-methyl/N-ethyl adjacent to an activating group) is 1. The summed E-state index contributed by atoms with van der Waals surface area (Å²) in [5.41, 5.74) is -0.338. The van der Waals surface area contributed by atoms with E-state index in [2.05, 4.69) is 10.2 Å². The number of nitrogens with one attached hydrogen (secondary N) is 1. The zero-order chi connectivity index (χ0) is 14.7. The quantitative estimate of drug-likeness (QED) is 0.682. The minimum atomic E-state index is -0.626. The molecule has 6 nitrogen and oxygen atoms in total. The van der Waals surface area contributed by atoms with Crippen LogP contribution in [0.2, 0.25) is 5.02 Å². The molecule has 1 aliphatic rings. The van der Waals surface area contributed by atoms with Gasteiger partial charge in [0, 0.05) is 12.6 Å². The number of carbonyl (C=O) groups excluding carboxylic acids is 1. The van der Waals surface area contributed by atoms with Gasteiger partial charge in [0.05, 0.1) is 4.92 Å². The van der Waals surface area contributed by atoms with Crippen molar-refractivity contribution in [1.82, 2.24) is 10.2 Å². The first-order valence-electron chi connectivity index (χ1n) is 6.42. The van der Waals surface area contributed by atoms with Crippen molar-refractivity contribution in [1.29, 1.82) is 0 Å². The average Bonchev–Trinajstić information content (AvgIpc) is 2.80. The van der Waals surface area contributed by atoms with E-state index in [9.17, 15) is 14.9 Å². The average molecular weight is 298 g/mol. The number of hydrogen-bond donors (Lipinski definition) is 1. The van der Waals surface area contributed by atoms with E-state index in [1.165, 1.54) is 18.2 Å². The van der Waals surface area contributed by atoms with Crippen molar-refractivity contribution in [3.05, 3.63) is 38.9 Å². The van der Waals surface area contributed by atoms with Crippen LogP contribution in [0, 0.1) is 10.1 Å². The first kappa shape index (κ1) is 14.7. The molecule has 1 unspecified atom stereocenters. The lowest BCUT2D eigenvalue weighted by atomic mass is 10.1. The molecular weight excluding hydrogens is 282 g/mol. The summed E-state index contributed by atoms with van der Waals surface area (Å²) in [5.74, 6) is -0.459. The number of nitro groups is 1. The number of nitro benzene ring substituents is 1. The SMILES string of the molecule is CN1CCCC1CNC(=O)c1cccc(Cl)c1[N+](=O)[O-]. The van der Waals surface area contributed by atoms with Crippen LogP contribution in [0.15, 0.2) is 18.2 Å². The smallest absolute Gasteiger partial charge is 0.300 e. The molecule has 7 heteroatoms. The Balaban J connectivity index is 2.09. The third-order valence-electron chi connectivity index (χ3n) is 3.58. The van der Waals surface area contributed by atoms with Crippen LogP contribution in [0.25, 0.3) is 0 Å². The normalized spacial score (nSPS) is 19.0. The Labute approximate surface area is 121 Å².